The van der Waals surface area contributed by atoms with E-state index >= 15 is 0 Å². The Hall–Kier alpha value is -3.94. The van der Waals surface area contributed by atoms with E-state index in [1.165, 1.54) is 35.4 Å². The Labute approximate surface area is 196 Å². The summed E-state index contributed by atoms with van der Waals surface area (Å²) in [5.41, 5.74) is 0.404. The average Bonchev–Trinajstić information content (AvgIpc) is 3.45. The van der Waals surface area contributed by atoms with Crippen LogP contribution in [0.1, 0.15) is 25.8 Å². The number of cyclic esters (lactones) is 1. The molecule has 1 saturated heterocycles. The van der Waals surface area contributed by atoms with Crippen LogP contribution in [0.25, 0.3) is 11.4 Å². The van der Waals surface area contributed by atoms with Crippen LogP contribution in [0.5, 0.6) is 5.75 Å². The van der Waals surface area contributed by atoms with Crippen molar-refractivity contribution < 1.29 is 37.1 Å². The van der Waals surface area contributed by atoms with E-state index in [4.69, 9.17) is 14.0 Å². The van der Waals surface area contributed by atoms with Gasteiger partial charge in [-0.05, 0) is 32.0 Å². The van der Waals surface area contributed by atoms with Crippen LogP contribution >= 0.6 is 0 Å². The van der Waals surface area contributed by atoms with E-state index in [2.05, 4.69) is 25.4 Å². The Bertz CT molecular complexity index is 1190. The van der Waals surface area contributed by atoms with Crippen LogP contribution in [0.3, 0.4) is 0 Å². The summed E-state index contributed by atoms with van der Waals surface area (Å²) >= 11 is 0. The number of hydrogen-bond acceptors (Lipinski definition) is 10. The molecule has 3 heterocycles. The number of carbonyl (C=O) groups is 1. The van der Waals surface area contributed by atoms with Gasteiger partial charge >= 0.3 is 12.3 Å². The second kappa shape index (κ2) is 9.74. The standard InChI is InChI=1S/C21H21F3N6O5/c1-11(26-19-25-7-6-16(27-19)30-15(12(2)31)9-33-20(30)32)18-28-17(29-35-18)13-4-3-5-14(8-13)34-10-21(22,23)24/h3-8,11-12,15,31H,9-10H2,1-2H3,(H,25,26,27)/t11-,12+,15?/m0/s1. The zero-order chi connectivity index (χ0) is 25.2. The molecule has 1 aromatic carbocycles. The number of anilines is 2. The fourth-order valence-corrected chi connectivity index (χ4v) is 3.28. The van der Waals surface area contributed by atoms with Gasteiger partial charge in [0.05, 0.1) is 6.10 Å². The van der Waals surface area contributed by atoms with Crippen LogP contribution in [-0.2, 0) is 4.74 Å². The van der Waals surface area contributed by atoms with Crippen molar-refractivity contribution >= 4 is 17.9 Å². The normalized spacial score (nSPS) is 17.7. The second-order valence-corrected chi connectivity index (χ2v) is 7.75. The molecule has 35 heavy (non-hydrogen) atoms. The van der Waals surface area contributed by atoms with E-state index in [-0.39, 0.29) is 35.8 Å². The molecule has 14 heteroatoms. The number of benzene rings is 1. The number of aliphatic hydroxyl groups excluding tert-OH is 1. The lowest BCUT2D eigenvalue weighted by Gasteiger charge is -2.22. The molecule has 1 amide bonds. The number of ether oxygens (including phenoxy) is 2. The van der Waals surface area contributed by atoms with Gasteiger partial charge in [-0.1, -0.05) is 17.3 Å². The largest absolute Gasteiger partial charge is 0.484 e. The van der Waals surface area contributed by atoms with Gasteiger partial charge in [0.25, 0.3) is 0 Å². The van der Waals surface area contributed by atoms with Gasteiger partial charge in [-0.25, -0.2) is 9.78 Å². The van der Waals surface area contributed by atoms with E-state index in [0.717, 1.165) is 0 Å². The van der Waals surface area contributed by atoms with Crippen molar-refractivity contribution in [3.05, 3.63) is 42.4 Å². The minimum Gasteiger partial charge on any atom is -0.484 e. The maximum atomic E-state index is 12.4. The molecule has 2 aromatic heterocycles. The molecule has 0 aliphatic carbocycles. The lowest BCUT2D eigenvalue weighted by atomic mass is 10.2. The zero-order valence-electron chi connectivity index (χ0n) is 18.6. The van der Waals surface area contributed by atoms with Gasteiger partial charge in [-0.2, -0.15) is 23.1 Å². The fourth-order valence-electron chi connectivity index (χ4n) is 3.28. The van der Waals surface area contributed by atoms with Crippen molar-refractivity contribution in [2.45, 2.75) is 38.2 Å². The monoisotopic (exact) mass is 494 g/mol. The fraction of sp³-hybridized carbons (Fsp3) is 0.381. The molecule has 3 aromatic rings. The smallest absolute Gasteiger partial charge is 0.422 e. The molecule has 186 valence electrons. The third-order valence-corrected chi connectivity index (χ3v) is 5.00. The maximum Gasteiger partial charge on any atom is 0.422 e. The molecule has 3 atom stereocenters. The SMILES string of the molecule is C[C@H](Nc1nccc(N2C(=O)OCC2[C@@H](C)O)n1)c1nc(-c2cccc(OCC(F)(F)F)c2)no1. The van der Waals surface area contributed by atoms with Crippen molar-refractivity contribution in [3.63, 3.8) is 0 Å². The first kappa shape index (κ1) is 24.2. The van der Waals surface area contributed by atoms with Crippen LogP contribution in [0.2, 0.25) is 0 Å². The molecular formula is C21H21F3N6O5. The van der Waals surface area contributed by atoms with Crippen LogP contribution in [0.15, 0.2) is 41.1 Å². The number of carbonyl (C=O) groups excluding carboxylic acids is 1. The Morgan fingerprint density at radius 2 is 2.09 bits per heavy atom. The molecule has 0 spiro atoms. The number of amides is 1. The van der Waals surface area contributed by atoms with Crippen LogP contribution in [0.4, 0.5) is 29.7 Å². The minimum absolute atomic E-state index is 0.0125. The first-order valence-electron chi connectivity index (χ1n) is 10.5. The summed E-state index contributed by atoms with van der Waals surface area (Å²) in [5.74, 6) is 0.725. The van der Waals surface area contributed by atoms with Crippen LogP contribution < -0.4 is 15.0 Å². The summed E-state index contributed by atoms with van der Waals surface area (Å²) in [4.78, 5) is 26.1. The van der Waals surface area contributed by atoms with Gasteiger partial charge in [-0.15, -0.1) is 0 Å². The molecule has 1 aliphatic heterocycles. The Morgan fingerprint density at radius 1 is 1.29 bits per heavy atom. The van der Waals surface area contributed by atoms with Crippen molar-refractivity contribution in [2.24, 2.45) is 0 Å². The van der Waals surface area contributed by atoms with Gasteiger partial charge < -0.3 is 24.4 Å². The molecular weight excluding hydrogens is 473 g/mol. The average molecular weight is 494 g/mol. The van der Waals surface area contributed by atoms with E-state index in [1.807, 2.05) is 0 Å². The first-order chi connectivity index (χ1) is 16.6. The highest BCUT2D eigenvalue weighted by Crippen LogP contribution is 2.27. The highest BCUT2D eigenvalue weighted by molar-refractivity contribution is 5.89. The van der Waals surface area contributed by atoms with Crippen molar-refractivity contribution in [1.82, 2.24) is 20.1 Å². The summed E-state index contributed by atoms with van der Waals surface area (Å²) in [6.45, 7) is 1.88. The third-order valence-electron chi connectivity index (χ3n) is 5.00. The number of rotatable bonds is 8. The quantitative estimate of drug-likeness (QED) is 0.480. The van der Waals surface area contributed by atoms with E-state index in [1.54, 1.807) is 19.9 Å². The number of nitrogens with one attached hydrogen (secondary N) is 1. The summed E-state index contributed by atoms with van der Waals surface area (Å²) in [7, 11) is 0. The number of aromatic nitrogens is 4. The van der Waals surface area contributed by atoms with Crippen molar-refractivity contribution in [2.75, 3.05) is 23.4 Å². The summed E-state index contributed by atoms with van der Waals surface area (Å²) < 4.78 is 52.3. The number of halogens is 3. The first-order valence-corrected chi connectivity index (χ1v) is 10.5. The molecule has 2 N–H and O–H groups in total. The molecule has 1 unspecified atom stereocenters. The van der Waals surface area contributed by atoms with Gasteiger partial charge in [0.1, 0.15) is 30.3 Å². The number of aliphatic hydroxyl groups is 1. The van der Waals surface area contributed by atoms with Gasteiger partial charge in [0.15, 0.2) is 6.61 Å². The minimum atomic E-state index is -4.46. The maximum absolute atomic E-state index is 12.4. The van der Waals surface area contributed by atoms with Crippen molar-refractivity contribution in [3.8, 4) is 17.1 Å². The summed E-state index contributed by atoms with van der Waals surface area (Å²) in [5, 5.41) is 16.8. The van der Waals surface area contributed by atoms with E-state index in [0.29, 0.717) is 5.56 Å². The zero-order valence-corrected chi connectivity index (χ0v) is 18.6. The number of nitrogens with zero attached hydrogens (tertiary/aromatic N) is 5. The highest BCUT2D eigenvalue weighted by Gasteiger charge is 2.38. The second-order valence-electron chi connectivity index (χ2n) is 7.75. The van der Waals surface area contributed by atoms with E-state index in [9.17, 15) is 23.1 Å². The van der Waals surface area contributed by atoms with Crippen LogP contribution in [0, 0.1) is 0 Å². The number of alkyl halides is 3. The molecule has 1 fully saturated rings. The Balaban J connectivity index is 1.46. The van der Waals surface area contributed by atoms with Crippen LogP contribution in [-0.4, -0.2) is 62.8 Å². The summed E-state index contributed by atoms with van der Waals surface area (Å²) in [6, 6.07) is 6.25. The number of hydrogen-bond donors (Lipinski definition) is 2. The lowest BCUT2D eigenvalue weighted by molar-refractivity contribution is -0.153. The molecule has 11 nitrogen and oxygen atoms in total. The lowest BCUT2D eigenvalue weighted by Crippen LogP contribution is -2.41. The molecule has 0 bridgehead atoms. The van der Waals surface area contributed by atoms with Gasteiger partial charge in [-0.3, -0.25) is 4.90 Å². The molecule has 0 saturated carbocycles. The van der Waals surface area contributed by atoms with E-state index < -0.39 is 37.1 Å². The highest BCUT2D eigenvalue weighted by atomic mass is 19.4. The Morgan fingerprint density at radius 3 is 2.83 bits per heavy atom. The topological polar surface area (TPSA) is 136 Å². The predicted octanol–water partition coefficient (Wildman–Crippen LogP) is 3.35. The molecule has 1 aliphatic rings. The Kier molecular flexibility index (Phi) is 6.73. The molecule has 4 rings (SSSR count). The predicted molar refractivity (Wildman–Crippen MR) is 115 cm³/mol. The van der Waals surface area contributed by atoms with Crippen molar-refractivity contribution in [1.29, 1.82) is 0 Å². The van der Waals surface area contributed by atoms with Gasteiger partial charge in [0, 0.05) is 11.8 Å². The van der Waals surface area contributed by atoms with Gasteiger partial charge in [0.2, 0.25) is 17.7 Å². The molecule has 0 radical (unpaired) electrons. The summed E-state index contributed by atoms with van der Waals surface area (Å²) in [6.07, 6.45) is -4.48. The third kappa shape index (κ3) is 5.77.